The third-order valence-electron chi connectivity index (χ3n) is 3.30. The first-order valence-corrected chi connectivity index (χ1v) is 6.63. The van der Waals surface area contributed by atoms with Crippen LogP contribution in [0.2, 0.25) is 0 Å². The van der Waals surface area contributed by atoms with Crippen LogP contribution in [0.4, 0.5) is 0 Å². The van der Waals surface area contributed by atoms with Crippen LogP contribution in [-0.4, -0.2) is 23.5 Å². The lowest BCUT2D eigenvalue weighted by Crippen LogP contribution is -2.33. The van der Waals surface area contributed by atoms with E-state index in [0.717, 1.165) is 6.54 Å². The zero-order valence-corrected chi connectivity index (χ0v) is 11.1. The molecule has 1 unspecified atom stereocenters. The number of aromatic nitrogens is 1. The number of guanidine groups is 1. The van der Waals surface area contributed by atoms with E-state index in [4.69, 9.17) is 5.73 Å². The maximum absolute atomic E-state index is 5.86. The molecular weight excluding hydrogens is 224 g/mol. The molecule has 0 amide bonds. The van der Waals surface area contributed by atoms with E-state index in [0.29, 0.717) is 23.8 Å². The van der Waals surface area contributed by atoms with Crippen LogP contribution in [0.1, 0.15) is 38.2 Å². The fourth-order valence-electron chi connectivity index (χ4n) is 1.98. The molecule has 2 rings (SSSR count). The third kappa shape index (κ3) is 3.72. The van der Waals surface area contributed by atoms with E-state index in [-0.39, 0.29) is 0 Å². The molecule has 1 saturated carbocycles. The molecule has 0 saturated heterocycles. The minimum atomic E-state index is 0.373. The molecule has 98 valence electrons. The second kappa shape index (κ2) is 5.85. The summed E-state index contributed by atoms with van der Waals surface area (Å²) < 4.78 is 0. The molecule has 0 spiro atoms. The van der Waals surface area contributed by atoms with Crippen molar-refractivity contribution in [1.82, 2.24) is 10.3 Å². The lowest BCUT2D eigenvalue weighted by Gasteiger charge is -2.19. The van der Waals surface area contributed by atoms with Crippen molar-refractivity contribution in [3.8, 4) is 0 Å². The van der Waals surface area contributed by atoms with Gasteiger partial charge in [0.2, 0.25) is 0 Å². The van der Waals surface area contributed by atoms with Crippen LogP contribution < -0.4 is 11.1 Å². The first kappa shape index (κ1) is 12.9. The van der Waals surface area contributed by atoms with E-state index < -0.39 is 0 Å². The van der Waals surface area contributed by atoms with E-state index in [2.05, 4.69) is 35.2 Å². The molecule has 0 bridgehead atoms. The molecule has 3 N–H and O–H groups in total. The largest absolute Gasteiger partial charge is 0.370 e. The van der Waals surface area contributed by atoms with Crippen LogP contribution in [-0.2, 0) is 0 Å². The van der Waals surface area contributed by atoms with Crippen LogP contribution in [0.15, 0.2) is 29.5 Å². The van der Waals surface area contributed by atoms with Crippen LogP contribution in [0.5, 0.6) is 0 Å². The summed E-state index contributed by atoms with van der Waals surface area (Å²) in [5.41, 5.74) is 7.10. The summed E-state index contributed by atoms with van der Waals surface area (Å²) in [6.45, 7) is 5.13. The summed E-state index contributed by atoms with van der Waals surface area (Å²) in [5.74, 6) is 1.47. The molecule has 1 atom stereocenters. The van der Waals surface area contributed by atoms with Gasteiger partial charge in [0.15, 0.2) is 5.96 Å². The van der Waals surface area contributed by atoms with Gasteiger partial charge in [0.1, 0.15) is 0 Å². The first-order chi connectivity index (χ1) is 8.66. The van der Waals surface area contributed by atoms with Gasteiger partial charge in [-0.3, -0.25) is 9.98 Å². The fraction of sp³-hybridized carbons (Fsp3) is 0.571. The van der Waals surface area contributed by atoms with Gasteiger partial charge in [0.05, 0.1) is 0 Å². The highest BCUT2D eigenvalue weighted by Crippen LogP contribution is 2.24. The Balaban J connectivity index is 1.98. The van der Waals surface area contributed by atoms with Crippen LogP contribution in [0.25, 0.3) is 0 Å². The maximum atomic E-state index is 5.86. The molecule has 0 aromatic carbocycles. The van der Waals surface area contributed by atoms with Crippen molar-refractivity contribution in [2.75, 3.05) is 6.54 Å². The van der Waals surface area contributed by atoms with Crippen molar-refractivity contribution in [3.05, 3.63) is 30.1 Å². The number of aliphatic imine (C=N–C) groups is 1. The molecule has 1 heterocycles. The van der Waals surface area contributed by atoms with E-state index in [1.165, 1.54) is 18.4 Å². The molecule has 1 aliphatic carbocycles. The Morgan fingerprint density at radius 2 is 2.33 bits per heavy atom. The summed E-state index contributed by atoms with van der Waals surface area (Å²) in [7, 11) is 0. The van der Waals surface area contributed by atoms with Gasteiger partial charge in [-0.2, -0.15) is 0 Å². The van der Waals surface area contributed by atoms with Gasteiger partial charge in [-0.25, -0.2) is 0 Å². The summed E-state index contributed by atoms with van der Waals surface area (Å²) in [6.07, 6.45) is 6.15. The highest BCUT2D eigenvalue weighted by molar-refractivity contribution is 5.78. The summed E-state index contributed by atoms with van der Waals surface area (Å²) >= 11 is 0. The van der Waals surface area contributed by atoms with Gasteiger partial charge < -0.3 is 11.1 Å². The highest BCUT2D eigenvalue weighted by atomic mass is 15.1. The molecule has 1 fully saturated rings. The number of nitrogens with two attached hydrogens (primary N) is 1. The second-order valence-corrected chi connectivity index (χ2v) is 5.28. The Bertz CT molecular complexity index is 396. The van der Waals surface area contributed by atoms with E-state index in [9.17, 15) is 0 Å². The highest BCUT2D eigenvalue weighted by Gasteiger charge is 2.21. The minimum Gasteiger partial charge on any atom is -0.370 e. The monoisotopic (exact) mass is 246 g/mol. The Hall–Kier alpha value is -1.58. The van der Waals surface area contributed by atoms with Gasteiger partial charge in [0.25, 0.3) is 0 Å². The molecule has 0 radical (unpaired) electrons. The average molecular weight is 246 g/mol. The topological polar surface area (TPSA) is 63.3 Å². The van der Waals surface area contributed by atoms with Crippen molar-refractivity contribution < 1.29 is 0 Å². The molecule has 1 aromatic heterocycles. The Kier molecular flexibility index (Phi) is 4.18. The van der Waals surface area contributed by atoms with Gasteiger partial charge in [-0.1, -0.05) is 19.9 Å². The van der Waals surface area contributed by atoms with Crippen molar-refractivity contribution in [1.29, 1.82) is 0 Å². The van der Waals surface area contributed by atoms with Gasteiger partial charge in [-0.15, -0.1) is 0 Å². The number of hydrogen-bond donors (Lipinski definition) is 2. The van der Waals surface area contributed by atoms with Crippen molar-refractivity contribution in [3.63, 3.8) is 0 Å². The molecule has 1 aromatic rings. The number of pyridine rings is 1. The van der Waals surface area contributed by atoms with Gasteiger partial charge >= 0.3 is 0 Å². The smallest absolute Gasteiger partial charge is 0.188 e. The van der Waals surface area contributed by atoms with Crippen LogP contribution >= 0.6 is 0 Å². The number of nitrogens with zero attached hydrogens (tertiary/aromatic N) is 2. The Morgan fingerprint density at radius 1 is 1.56 bits per heavy atom. The zero-order chi connectivity index (χ0) is 13.0. The van der Waals surface area contributed by atoms with Crippen LogP contribution in [0.3, 0.4) is 0 Å². The fourth-order valence-corrected chi connectivity index (χ4v) is 1.98. The predicted octanol–water partition coefficient (Wildman–Crippen LogP) is 1.89. The Labute approximate surface area is 109 Å². The van der Waals surface area contributed by atoms with Crippen molar-refractivity contribution in [2.45, 2.75) is 38.6 Å². The summed E-state index contributed by atoms with van der Waals surface area (Å²) in [4.78, 5) is 8.64. The molecular formula is C14H22N4. The number of nitrogens with one attached hydrogen (secondary N) is 1. The molecule has 4 heteroatoms. The molecule has 0 aliphatic heterocycles. The summed E-state index contributed by atoms with van der Waals surface area (Å²) in [6, 6.07) is 4.64. The maximum Gasteiger partial charge on any atom is 0.188 e. The van der Waals surface area contributed by atoms with Crippen molar-refractivity contribution >= 4 is 5.96 Å². The normalized spacial score (nSPS) is 17.8. The molecule has 1 aliphatic rings. The third-order valence-corrected chi connectivity index (χ3v) is 3.30. The standard InChI is InChI=1S/C14H22N4/c1-10(2)13(11-4-3-7-16-8-11)9-17-14(15)18-12-5-6-12/h3-4,7-8,10,12-13H,5-6,9H2,1-2H3,(H3,15,17,18). The van der Waals surface area contributed by atoms with Crippen LogP contribution in [0, 0.1) is 5.92 Å². The quantitative estimate of drug-likeness (QED) is 0.616. The van der Waals surface area contributed by atoms with E-state index in [1.54, 1.807) is 6.20 Å². The molecule has 4 nitrogen and oxygen atoms in total. The lowest BCUT2D eigenvalue weighted by molar-refractivity contribution is 0.505. The number of hydrogen-bond acceptors (Lipinski definition) is 2. The van der Waals surface area contributed by atoms with E-state index >= 15 is 0 Å². The SMILES string of the molecule is CC(C)C(CN=C(N)NC1CC1)c1cccnc1. The molecule has 18 heavy (non-hydrogen) atoms. The lowest BCUT2D eigenvalue weighted by atomic mass is 9.89. The minimum absolute atomic E-state index is 0.373. The average Bonchev–Trinajstić information content (AvgIpc) is 3.14. The Morgan fingerprint density at radius 3 is 2.89 bits per heavy atom. The zero-order valence-electron chi connectivity index (χ0n) is 11.1. The number of rotatable bonds is 5. The van der Waals surface area contributed by atoms with Gasteiger partial charge in [0, 0.05) is 30.9 Å². The summed E-state index contributed by atoms with van der Waals surface area (Å²) in [5, 5.41) is 3.21. The predicted molar refractivity (Wildman–Crippen MR) is 74.5 cm³/mol. The van der Waals surface area contributed by atoms with E-state index in [1.807, 2.05) is 12.3 Å². The first-order valence-electron chi connectivity index (χ1n) is 6.63. The van der Waals surface area contributed by atoms with Crippen molar-refractivity contribution in [2.24, 2.45) is 16.6 Å². The second-order valence-electron chi connectivity index (χ2n) is 5.28. The van der Waals surface area contributed by atoms with Gasteiger partial charge in [-0.05, 0) is 30.4 Å².